The second-order valence-electron chi connectivity index (χ2n) is 5.87. The lowest BCUT2D eigenvalue weighted by Gasteiger charge is -2.18. The van der Waals surface area contributed by atoms with Gasteiger partial charge < -0.3 is 10.2 Å². The molecule has 3 aromatic rings. The largest absolute Gasteiger partial charge is 0.416 e. The summed E-state index contributed by atoms with van der Waals surface area (Å²) in [7, 11) is 1.86. The number of rotatable bonds is 6. The van der Waals surface area contributed by atoms with Crippen molar-refractivity contribution in [3.05, 3.63) is 66.1 Å². The molecule has 0 atom stereocenters. The maximum Gasteiger partial charge on any atom is 0.416 e. The van der Waals surface area contributed by atoms with Crippen molar-refractivity contribution >= 4 is 17.5 Å². The molecule has 0 saturated carbocycles. The Morgan fingerprint density at radius 2 is 1.89 bits per heavy atom. The number of benzene rings is 1. The van der Waals surface area contributed by atoms with Crippen LogP contribution < -0.4 is 10.2 Å². The third-order valence-corrected chi connectivity index (χ3v) is 3.87. The molecule has 0 aliphatic carbocycles. The molecule has 0 bridgehead atoms. The lowest BCUT2D eigenvalue weighted by atomic mass is 10.2. The van der Waals surface area contributed by atoms with E-state index < -0.39 is 11.7 Å². The topological polar surface area (TPSA) is 66.8 Å². The van der Waals surface area contributed by atoms with Crippen molar-refractivity contribution in [3.8, 4) is 0 Å². The van der Waals surface area contributed by atoms with Gasteiger partial charge in [-0.25, -0.2) is 0 Å². The third-order valence-electron chi connectivity index (χ3n) is 3.87. The highest BCUT2D eigenvalue weighted by Crippen LogP contribution is 2.31. The summed E-state index contributed by atoms with van der Waals surface area (Å²) >= 11 is 0. The molecule has 2 heterocycles. The van der Waals surface area contributed by atoms with Crippen molar-refractivity contribution in [2.45, 2.75) is 12.6 Å². The van der Waals surface area contributed by atoms with Crippen LogP contribution in [0.25, 0.3) is 0 Å². The molecule has 0 aliphatic rings. The Morgan fingerprint density at radius 1 is 1.11 bits per heavy atom. The Morgan fingerprint density at radius 3 is 2.63 bits per heavy atom. The van der Waals surface area contributed by atoms with E-state index in [2.05, 4.69) is 25.5 Å². The fraction of sp³-hybridized carbons (Fsp3) is 0.222. The molecule has 140 valence electrons. The molecular weight excluding hydrogens is 357 g/mol. The van der Waals surface area contributed by atoms with Crippen LogP contribution >= 0.6 is 0 Å². The monoisotopic (exact) mass is 374 g/mol. The highest BCUT2D eigenvalue weighted by Gasteiger charge is 2.30. The average Bonchev–Trinajstić information content (AvgIpc) is 2.67. The first-order valence-corrected chi connectivity index (χ1v) is 8.16. The number of hydrogen-bond donors (Lipinski definition) is 1. The van der Waals surface area contributed by atoms with Crippen LogP contribution in [0.1, 0.15) is 11.1 Å². The second kappa shape index (κ2) is 7.98. The van der Waals surface area contributed by atoms with Crippen LogP contribution in [0.3, 0.4) is 0 Å². The number of nitrogens with zero attached hydrogens (tertiary/aromatic N) is 5. The zero-order valence-electron chi connectivity index (χ0n) is 14.5. The minimum Gasteiger partial charge on any atom is -0.358 e. The van der Waals surface area contributed by atoms with Gasteiger partial charge in [0.05, 0.1) is 11.8 Å². The quantitative estimate of drug-likeness (QED) is 0.710. The number of nitrogens with one attached hydrogen (secondary N) is 1. The van der Waals surface area contributed by atoms with Crippen LogP contribution in [-0.4, -0.2) is 33.8 Å². The van der Waals surface area contributed by atoms with Gasteiger partial charge in [0.15, 0.2) is 5.82 Å². The first kappa shape index (κ1) is 18.6. The van der Waals surface area contributed by atoms with E-state index >= 15 is 0 Å². The molecule has 27 heavy (non-hydrogen) atoms. The fourth-order valence-corrected chi connectivity index (χ4v) is 2.39. The van der Waals surface area contributed by atoms with Crippen molar-refractivity contribution in [3.63, 3.8) is 0 Å². The molecule has 9 heteroatoms. The van der Waals surface area contributed by atoms with Crippen LogP contribution in [0, 0.1) is 0 Å². The van der Waals surface area contributed by atoms with E-state index in [4.69, 9.17) is 0 Å². The Balaban J connectivity index is 1.68. The number of halogens is 3. The average molecular weight is 374 g/mol. The SMILES string of the molecule is CN(CCc1ccncc1)c1cnnc(Nc2cccc(C(F)(F)F)c2)n1. The van der Waals surface area contributed by atoms with Crippen molar-refractivity contribution < 1.29 is 13.2 Å². The zero-order valence-corrected chi connectivity index (χ0v) is 14.5. The van der Waals surface area contributed by atoms with Gasteiger partial charge in [-0.05, 0) is 42.3 Å². The smallest absolute Gasteiger partial charge is 0.358 e. The van der Waals surface area contributed by atoms with Gasteiger partial charge in [-0.3, -0.25) is 4.98 Å². The maximum atomic E-state index is 12.8. The zero-order chi connectivity index (χ0) is 19.3. The summed E-state index contributed by atoms with van der Waals surface area (Å²) in [5.74, 6) is 0.691. The molecule has 0 amide bonds. The lowest BCUT2D eigenvalue weighted by molar-refractivity contribution is -0.137. The molecule has 6 nitrogen and oxygen atoms in total. The molecule has 2 aromatic heterocycles. The minimum absolute atomic E-state index is 0.127. The second-order valence-corrected chi connectivity index (χ2v) is 5.87. The summed E-state index contributed by atoms with van der Waals surface area (Å²) in [5.41, 5.74) is 0.635. The van der Waals surface area contributed by atoms with Crippen LogP contribution in [0.2, 0.25) is 0 Å². The van der Waals surface area contributed by atoms with E-state index in [1.165, 1.54) is 18.3 Å². The van der Waals surface area contributed by atoms with E-state index in [9.17, 15) is 13.2 Å². The number of pyridine rings is 1. The first-order valence-electron chi connectivity index (χ1n) is 8.16. The van der Waals surface area contributed by atoms with Gasteiger partial charge in [-0.1, -0.05) is 6.07 Å². The molecule has 1 N–H and O–H groups in total. The molecule has 0 aliphatic heterocycles. The highest BCUT2D eigenvalue weighted by molar-refractivity contribution is 5.55. The van der Waals surface area contributed by atoms with E-state index in [0.717, 1.165) is 24.1 Å². The van der Waals surface area contributed by atoms with E-state index in [0.29, 0.717) is 12.4 Å². The van der Waals surface area contributed by atoms with E-state index in [-0.39, 0.29) is 11.6 Å². The van der Waals surface area contributed by atoms with Crippen LogP contribution in [0.15, 0.2) is 55.0 Å². The normalized spacial score (nSPS) is 11.3. The van der Waals surface area contributed by atoms with Gasteiger partial charge in [0.25, 0.3) is 0 Å². The summed E-state index contributed by atoms with van der Waals surface area (Å²) in [6, 6.07) is 8.72. The molecule has 1 aromatic carbocycles. The Labute approximate surface area is 154 Å². The van der Waals surface area contributed by atoms with Crippen molar-refractivity contribution in [2.24, 2.45) is 0 Å². The van der Waals surface area contributed by atoms with E-state index in [1.807, 2.05) is 24.1 Å². The van der Waals surface area contributed by atoms with E-state index in [1.54, 1.807) is 12.4 Å². The molecule has 0 fully saturated rings. The summed E-state index contributed by atoms with van der Waals surface area (Å²) < 4.78 is 38.5. The third kappa shape index (κ3) is 5.13. The Kier molecular flexibility index (Phi) is 5.49. The molecule has 0 saturated heterocycles. The number of anilines is 3. The predicted molar refractivity (Wildman–Crippen MR) is 95.8 cm³/mol. The maximum absolute atomic E-state index is 12.8. The number of likely N-dealkylation sites (N-methyl/N-ethyl adjacent to an activating group) is 1. The van der Waals surface area contributed by atoms with Crippen molar-refractivity contribution in [1.29, 1.82) is 0 Å². The Bertz CT molecular complexity index is 886. The highest BCUT2D eigenvalue weighted by atomic mass is 19.4. The minimum atomic E-state index is -4.41. The molecule has 0 radical (unpaired) electrons. The van der Waals surface area contributed by atoms with Crippen LogP contribution in [0.4, 0.5) is 30.6 Å². The van der Waals surface area contributed by atoms with Gasteiger partial charge >= 0.3 is 6.18 Å². The number of hydrogen-bond acceptors (Lipinski definition) is 6. The van der Waals surface area contributed by atoms with Crippen LogP contribution in [-0.2, 0) is 12.6 Å². The van der Waals surface area contributed by atoms with Crippen LogP contribution in [0.5, 0.6) is 0 Å². The molecule has 0 spiro atoms. The van der Waals surface area contributed by atoms with Gasteiger partial charge in [-0.15, -0.1) is 5.10 Å². The van der Waals surface area contributed by atoms with Gasteiger partial charge in [-0.2, -0.15) is 23.3 Å². The predicted octanol–water partition coefficient (Wildman–Crippen LogP) is 3.71. The molecule has 0 unspecified atom stereocenters. The summed E-state index contributed by atoms with van der Waals surface area (Å²) in [5, 5.41) is 10.5. The van der Waals surface area contributed by atoms with Gasteiger partial charge in [0.2, 0.25) is 5.95 Å². The van der Waals surface area contributed by atoms with Crippen molar-refractivity contribution in [2.75, 3.05) is 23.8 Å². The molecule has 3 rings (SSSR count). The molecular formula is C18H17F3N6. The number of aromatic nitrogens is 4. The van der Waals surface area contributed by atoms with Gasteiger partial charge in [0, 0.05) is 31.7 Å². The standard InChI is InChI=1S/C18H17F3N6/c1-27(10-7-13-5-8-22-9-6-13)16-12-23-26-17(25-16)24-15-4-2-3-14(11-15)18(19,20)21/h2-6,8-9,11-12H,7,10H2,1H3,(H,24,25,26). The lowest BCUT2D eigenvalue weighted by Crippen LogP contribution is -2.22. The van der Waals surface area contributed by atoms with Gasteiger partial charge in [0.1, 0.15) is 0 Å². The number of alkyl halides is 3. The summed E-state index contributed by atoms with van der Waals surface area (Å²) in [6.45, 7) is 0.686. The fourth-order valence-electron chi connectivity index (χ4n) is 2.39. The summed E-state index contributed by atoms with van der Waals surface area (Å²) in [6.07, 6.45) is 1.35. The first-order chi connectivity index (χ1) is 12.9. The van der Waals surface area contributed by atoms with Crippen molar-refractivity contribution in [1.82, 2.24) is 20.2 Å². The Hall–Kier alpha value is -3.23. The summed E-state index contributed by atoms with van der Waals surface area (Å²) in [4.78, 5) is 10.2.